The number of hydrogen-bond acceptors (Lipinski definition) is 4. The highest BCUT2D eigenvalue weighted by Gasteiger charge is 2.16. The molecule has 0 unspecified atom stereocenters. The molecule has 26 heavy (non-hydrogen) atoms. The van der Waals surface area contributed by atoms with Gasteiger partial charge in [-0.15, -0.1) is 0 Å². The lowest BCUT2D eigenvalue weighted by Crippen LogP contribution is -2.06. The maximum atomic E-state index is 13.4. The first kappa shape index (κ1) is 16.2. The van der Waals surface area contributed by atoms with Crippen LogP contribution in [0.4, 0.5) is 10.2 Å². The molecule has 5 nitrogen and oxygen atoms in total. The number of rotatable bonds is 5. The third-order valence-electron chi connectivity index (χ3n) is 4.15. The first-order valence-corrected chi connectivity index (χ1v) is 8.30. The SMILES string of the molecule is OCCNc1cc(-c2[nH]c3cccnc3c2-c2ccc(F)cc2)ccn1. The second-order valence-corrected chi connectivity index (χ2v) is 5.86. The fourth-order valence-corrected chi connectivity index (χ4v) is 3.00. The van der Waals surface area contributed by atoms with Crippen LogP contribution in [0.5, 0.6) is 0 Å². The van der Waals surface area contributed by atoms with Crippen LogP contribution >= 0.6 is 0 Å². The Labute approximate surface area is 149 Å². The third kappa shape index (κ3) is 3.02. The van der Waals surface area contributed by atoms with Crippen molar-refractivity contribution in [1.29, 1.82) is 0 Å². The number of nitrogens with zero attached hydrogens (tertiary/aromatic N) is 2. The minimum absolute atomic E-state index is 0.0308. The number of H-pyrrole nitrogens is 1. The van der Waals surface area contributed by atoms with Crippen molar-refractivity contribution in [3.05, 3.63) is 66.7 Å². The molecule has 3 N–H and O–H groups in total. The molecule has 3 heterocycles. The van der Waals surface area contributed by atoms with Crippen molar-refractivity contribution >= 4 is 16.9 Å². The summed E-state index contributed by atoms with van der Waals surface area (Å²) in [5.74, 6) is 0.399. The molecule has 4 aromatic rings. The number of halogens is 1. The molecule has 6 heteroatoms. The summed E-state index contributed by atoms with van der Waals surface area (Å²) in [7, 11) is 0. The Balaban J connectivity index is 1.90. The van der Waals surface area contributed by atoms with Crippen LogP contribution in [0.1, 0.15) is 0 Å². The van der Waals surface area contributed by atoms with E-state index >= 15 is 0 Å². The number of aliphatic hydroxyl groups is 1. The summed E-state index contributed by atoms with van der Waals surface area (Å²) in [4.78, 5) is 12.2. The first-order chi connectivity index (χ1) is 12.8. The molecule has 0 saturated carbocycles. The monoisotopic (exact) mass is 348 g/mol. The molecule has 0 spiro atoms. The van der Waals surface area contributed by atoms with Crippen LogP contribution in [-0.2, 0) is 0 Å². The molecule has 0 bridgehead atoms. The molecule has 0 radical (unpaired) electrons. The van der Waals surface area contributed by atoms with E-state index in [9.17, 15) is 4.39 Å². The van der Waals surface area contributed by atoms with Crippen molar-refractivity contribution in [2.24, 2.45) is 0 Å². The summed E-state index contributed by atoms with van der Waals surface area (Å²) in [5, 5.41) is 12.1. The van der Waals surface area contributed by atoms with Crippen LogP contribution in [0.3, 0.4) is 0 Å². The molecule has 0 atom stereocenters. The van der Waals surface area contributed by atoms with Gasteiger partial charge in [-0.2, -0.15) is 0 Å². The average molecular weight is 348 g/mol. The Morgan fingerprint density at radius 1 is 1.00 bits per heavy atom. The summed E-state index contributed by atoms with van der Waals surface area (Å²) in [6, 6.07) is 14.0. The van der Waals surface area contributed by atoms with Gasteiger partial charge in [0.15, 0.2) is 0 Å². The summed E-state index contributed by atoms with van der Waals surface area (Å²) in [5.41, 5.74) is 5.35. The molecule has 1 aromatic carbocycles. The van der Waals surface area contributed by atoms with E-state index in [1.165, 1.54) is 12.1 Å². The van der Waals surface area contributed by atoms with E-state index in [0.29, 0.717) is 12.4 Å². The van der Waals surface area contributed by atoms with Crippen molar-refractivity contribution in [3.8, 4) is 22.4 Å². The molecule has 0 fully saturated rings. The van der Waals surface area contributed by atoms with E-state index in [2.05, 4.69) is 20.3 Å². The zero-order chi connectivity index (χ0) is 17.9. The second kappa shape index (κ2) is 6.93. The maximum Gasteiger partial charge on any atom is 0.126 e. The standard InChI is InChI=1S/C20H17FN4O/c21-15-5-3-13(4-6-15)18-19(25-16-2-1-8-24-20(16)18)14-7-9-22-17(12-14)23-10-11-26/h1-9,12,25-26H,10-11H2,(H,22,23). The van der Waals surface area contributed by atoms with Gasteiger partial charge >= 0.3 is 0 Å². The summed E-state index contributed by atoms with van der Waals surface area (Å²) >= 11 is 0. The molecule has 0 aliphatic heterocycles. The van der Waals surface area contributed by atoms with Crippen molar-refractivity contribution in [2.75, 3.05) is 18.5 Å². The largest absolute Gasteiger partial charge is 0.395 e. The molecular weight excluding hydrogens is 331 g/mol. The Kier molecular flexibility index (Phi) is 4.33. The topological polar surface area (TPSA) is 73.8 Å². The predicted molar refractivity (Wildman–Crippen MR) is 100 cm³/mol. The van der Waals surface area contributed by atoms with Gasteiger partial charge in [0.05, 0.1) is 23.3 Å². The van der Waals surface area contributed by atoms with Crippen LogP contribution in [0.25, 0.3) is 33.4 Å². The van der Waals surface area contributed by atoms with Gasteiger partial charge in [0.25, 0.3) is 0 Å². The van der Waals surface area contributed by atoms with Gasteiger partial charge in [0.2, 0.25) is 0 Å². The zero-order valence-corrected chi connectivity index (χ0v) is 13.9. The Morgan fingerprint density at radius 2 is 1.85 bits per heavy atom. The second-order valence-electron chi connectivity index (χ2n) is 5.86. The van der Waals surface area contributed by atoms with E-state index in [0.717, 1.165) is 33.4 Å². The van der Waals surface area contributed by atoms with E-state index in [1.54, 1.807) is 24.5 Å². The molecule has 0 saturated heterocycles. The van der Waals surface area contributed by atoms with Crippen LogP contribution in [0.15, 0.2) is 60.9 Å². The van der Waals surface area contributed by atoms with Crippen molar-refractivity contribution < 1.29 is 9.50 Å². The van der Waals surface area contributed by atoms with Gasteiger partial charge in [-0.05, 0) is 42.0 Å². The highest BCUT2D eigenvalue weighted by atomic mass is 19.1. The Morgan fingerprint density at radius 3 is 2.65 bits per heavy atom. The fourth-order valence-electron chi connectivity index (χ4n) is 3.00. The molecule has 0 aliphatic rings. The highest BCUT2D eigenvalue weighted by Crippen LogP contribution is 2.37. The number of benzene rings is 1. The van der Waals surface area contributed by atoms with Crippen LogP contribution < -0.4 is 5.32 Å². The summed E-state index contributed by atoms with van der Waals surface area (Å²) in [6.45, 7) is 0.457. The van der Waals surface area contributed by atoms with Gasteiger partial charge in [0, 0.05) is 30.1 Å². The van der Waals surface area contributed by atoms with Crippen LogP contribution in [0.2, 0.25) is 0 Å². The van der Waals surface area contributed by atoms with Gasteiger partial charge in [-0.3, -0.25) is 4.98 Å². The number of nitrogens with one attached hydrogen (secondary N) is 2. The van der Waals surface area contributed by atoms with Crippen LogP contribution in [0, 0.1) is 5.82 Å². The lowest BCUT2D eigenvalue weighted by Gasteiger charge is -2.08. The molecule has 0 aliphatic carbocycles. The minimum atomic E-state index is -0.275. The number of aliphatic hydroxyl groups excluding tert-OH is 1. The van der Waals surface area contributed by atoms with E-state index in [-0.39, 0.29) is 12.4 Å². The van der Waals surface area contributed by atoms with Gasteiger partial charge in [0.1, 0.15) is 11.6 Å². The maximum absolute atomic E-state index is 13.4. The van der Waals surface area contributed by atoms with Gasteiger partial charge < -0.3 is 15.4 Å². The molecule has 0 amide bonds. The summed E-state index contributed by atoms with van der Waals surface area (Å²) < 4.78 is 13.4. The number of fused-ring (bicyclic) bond motifs is 1. The zero-order valence-electron chi connectivity index (χ0n) is 13.9. The smallest absolute Gasteiger partial charge is 0.126 e. The number of aromatic amines is 1. The number of hydrogen-bond donors (Lipinski definition) is 3. The van der Waals surface area contributed by atoms with Crippen LogP contribution in [-0.4, -0.2) is 33.2 Å². The molecule has 130 valence electrons. The third-order valence-corrected chi connectivity index (χ3v) is 4.15. The normalized spacial score (nSPS) is 11.0. The number of anilines is 1. The lowest BCUT2D eigenvalue weighted by molar-refractivity contribution is 0.311. The number of aromatic nitrogens is 3. The average Bonchev–Trinajstić information content (AvgIpc) is 3.07. The quantitative estimate of drug-likeness (QED) is 0.512. The lowest BCUT2D eigenvalue weighted by atomic mass is 10.0. The Hall–Kier alpha value is -3.25. The van der Waals surface area contributed by atoms with E-state index < -0.39 is 0 Å². The van der Waals surface area contributed by atoms with Gasteiger partial charge in [-0.1, -0.05) is 12.1 Å². The predicted octanol–water partition coefficient (Wildman–Crippen LogP) is 3.84. The molecule has 3 aromatic heterocycles. The van der Waals surface area contributed by atoms with Crippen molar-refractivity contribution in [2.45, 2.75) is 0 Å². The summed E-state index contributed by atoms with van der Waals surface area (Å²) in [6.07, 6.45) is 3.45. The van der Waals surface area contributed by atoms with Gasteiger partial charge in [-0.25, -0.2) is 9.37 Å². The Bertz CT molecular complexity index is 1040. The fraction of sp³-hybridized carbons (Fsp3) is 0.100. The molecule has 4 rings (SSSR count). The van der Waals surface area contributed by atoms with E-state index in [1.807, 2.05) is 24.3 Å². The number of pyridine rings is 2. The first-order valence-electron chi connectivity index (χ1n) is 8.30. The van der Waals surface area contributed by atoms with E-state index in [4.69, 9.17) is 5.11 Å². The van der Waals surface area contributed by atoms with Crippen molar-refractivity contribution in [1.82, 2.24) is 15.0 Å². The minimum Gasteiger partial charge on any atom is -0.395 e. The molecular formula is C20H17FN4O. The highest BCUT2D eigenvalue weighted by molar-refractivity contribution is 6.01. The van der Waals surface area contributed by atoms with Crippen molar-refractivity contribution in [3.63, 3.8) is 0 Å².